The van der Waals surface area contributed by atoms with Crippen molar-refractivity contribution in [2.75, 3.05) is 5.32 Å². The van der Waals surface area contributed by atoms with Gasteiger partial charge in [0.15, 0.2) is 5.01 Å². The summed E-state index contributed by atoms with van der Waals surface area (Å²) in [5, 5.41) is 30.6. The first kappa shape index (κ1) is 18.7. The fourth-order valence-corrected chi connectivity index (χ4v) is 3.94. The Morgan fingerprint density at radius 1 is 1.23 bits per heavy atom. The molecule has 5 aromatic rings. The van der Waals surface area contributed by atoms with Crippen molar-refractivity contribution in [3.05, 3.63) is 53.1 Å². The van der Waals surface area contributed by atoms with Crippen molar-refractivity contribution in [1.82, 2.24) is 30.4 Å². The van der Waals surface area contributed by atoms with Crippen molar-refractivity contribution < 1.29 is 9.52 Å². The van der Waals surface area contributed by atoms with Crippen LogP contribution in [0.5, 0.6) is 0 Å². The normalized spacial score (nSPS) is 11.3. The fourth-order valence-electron chi connectivity index (χ4n) is 2.96. The van der Waals surface area contributed by atoms with Gasteiger partial charge < -0.3 is 14.8 Å². The summed E-state index contributed by atoms with van der Waals surface area (Å²) in [7, 11) is 0. The monoisotopic (exact) mass is 439 g/mol. The minimum absolute atomic E-state index is 0.217. The van der Waals surface area contributed by atoms with Gasteiger partial charge >= 0.3 is 0 Å². The third-order valence-corrected chi connectivity index (χ3v) is 5.62. The summed E-state index contributed by atoms with van der Waals surface area (Å²) in [5.41, 5.74) is 4.06. The molecular formula is C19H14ClN7O2S. The van der Waals surface area contributed by atoms with Crippen LogP contribution >= 0.6 is 22.9 Å². The third kappa shape index (κ3) is 3.41. The Balaban J connectivity index is 1.48. The Hall–Kier alpha value is -3.34. The number of nitrogens with zero attached hydrogens (tertiary/aromatic N) is 5. The summed E-state index contributed by atoms with van der Waals surface area (Å²) in [5.74, 6) is 0.453. The molecule has 0 fully saturated rings. The topological polar surface area (TPSA) is 126 Å². The van der Waals surface area contributed by atoms with Crippen molar-refractivity contribution >= 4 is 44.7 Å². The number of oxazole rings is 1. The molecule has 0 bridgehead atoms. The molecule has 30 heavy (non-hydrogen) atoms. The lowest BCUT2D eigenvalue weighted by Crippen LogP contribution is -1.94. The number of pyridine rings is 1. The van der Waals surface area contributed by atoms with Crippen LogP contribution in [0.4, 0.5) is 10.8 Å². The standard InChI is InChI=1S/C19H14ClN7O2S/c1-9-8-29-17(22-9)10-4-11(7-28)23-15(5-10)18-26-27-19(30-18)24-14-3-2-13-12(16(14)20)6-21-25-13/h2-6,8,28H,7H2,1H3,(H,21,25)(H,24,27). The summed E-state index contributed by atoms with van der Waals surface area (Å²) < 4.78 is 5.48. The molecule has 0 aliphatic heterocycles. The van der Waals surface area contributed by atoms with Crippen molar-refractivity contribution in [1.29, 1.82) is 0 Å². The van der Waals surface area contributed by atoms with Crippen LogP contribution in [-0.4, -0.2) is 35.5 Å². The van der Waals surface area contributed by atoms with Crippen LogP contribution in [0, 0.1) is 6.92 Å². The van der Waals surface area contributed by atoms with Gasteiger partial charge in [-0.25, -0.2) is 9.97 Å². The van der Waals surface area contributed by atoms with Crippen LogP contribution in [0.2, 0.25) is 5.02 Å². The Labute approximate surface area is 178 Å². The number of anilines is 2. The summed E-state index contributed by atoms with van der Waals surface area (Å²) >= 11 is 7.78. The third-order valence-electron chi connectivity index (χ3n) is 4.35. The number of nitrogens with one attached hydrogen (secondary N) is 2. The van der Waals surface area contributed by atoms with Crippen LogP contribution in [0.1, 0.15) is 11.4 Å². The minimum Gasteiger partial charge on any atom is -0.444 e. The lowest BCUT2D eigenvalue weighted by molar-refractivity contribution is 0.277. The lowest BCUT2D eigenvalue weighted by atomic mass is 10.2. The molecule has 0 radical (unpaired) electrons. The first-order valence-corrected chi connectivity index (χ1v) is 10.1. The van der Waals surface area contributed by atoms with E-state index in [1.165, 1.54) is 11.3 Å². The predicted octanol–water partition coefficient (Wildman–Crippen LogP) is 4.33. The van der Waals surface area contributed by atoms with Gasteiger partial charge in [-0.05, 0) is 31.2 Å². The quantitative estimate of drug-likeness (QED) is 0.369. The second kappa shape index (κ2) is 7.48. The Morgan fingerprint density at radius 3 is 2.93 bits per heavy atom. The largest absolute Gasteiger partial charge is 0.444 e. The highest BCUT2D eigenvalue weighted by Crippen LogP contribution is 2.35. The van der Waals surface area contributed by atoms with Crippen LogP contribution in [-0.2, 0) is 6.61 Å². The van der Waals surface area contributed by atoms with Crippen molar-refractivity contribution in [3.63, 3.8) is 0 Å². The molecule has 0 unspecified atom stereocenters. The van der Waals surface area contributed by atoms with Gasteiger partial charge in [0, 0.05) is 10.9 Å². The van der Waals surface area contributed by atoms with E-state index in [9.17, 15) is 5.11 Å². The van der Waals surface area contributed by atoms with E-state index in [1.54, 1.807) is 24.6 Å². The molecule has 0 aliphatic rings. The molecule has 0 saturated carbocycles. The van der Waals surface area contributed by atoms with E-state index in [0.717, 1.165) is 16.6 Å². The molecule has 0 atom stereocenters. The zero-order valence-corrected chi connectivity index (χ0v) is 17.1. The highest BCUT2D eigenvalue weighted by molar-refractivity contribution is 7.18. The number of aromatic nitrogens is 6. The van der Waals surface area contributed by atoms with Gasteiger partial charge in [-0.3, -0.25) is 5.10 Å². The van der Waals surface area contributed by atoms with Gasteiger partial charge in [-0.1, -0.05) is 22.9 Å². The molecule has 1 aromatic carbocycles. The number of aliphatic hydroxyl groups is 1. The highest BCUT2D eigenvalue weighted by atomic mass is 35.5. The number of aromatic amines is 1. The molecule has 0 aliphatic carbocycles. The van der Waals surface area contributed by atoms with Crippen LogP contribution < -0.4 is 5.32 Å². The van der Waals surface area contributed by atoms with Gasteiger partial charge in [0.25, 0.3) is 0 Å². The molecule has 150 valence electrons. The molecule has 0 spiro atoms. The number of hydrogen-bond acceptors (Lipinski definition) is 9. The molecule has 4 aromatic heterocycles. The molecule has 11 heteroatoms. The zero-order valence-electron chi connectivity index (χ0n) is 15.5. The maximum Gasteiger partial charge on any atom is 0.226 e. The van der Waals surface area contributed by atoms with Gasteiger partial charge in [-0.15, -0.1) is 10.2 Å². The van der Waals surface area contributed by atoms with E-state index in [2.05, 4.69) is 35.7 Å². The smallest absolute Gasteiger partial charge is 0.226 e. The number of benzene rings is 1. The number of halogens is 1. The number of aliphatic hydroxyl groups excluding tert-OH is 1. The summed E-state index contributed by atoms with van der Waals surface area (Å²) in [4.78, 5) is 8.79. The molecular weight excluding hydrogens is 426 g/mol. The Morgan fingerprint density at radius 2 is 2.13 bits per heavy atom. The van der Waals surface area contributed by atoms with Crippen LogP contribution in [0.15, 0.2) is 41.1 Å². The van der Waals surface area contributed by atoms with Gasteiger partial charge in [0.2, 0.25) is 11.0 Å². The average Bonchev–Trinajstić information content (AvgIpc) is 3.50. The average molecular weight is 440 g/mol. The SMILES string of the molecule is Cc1coc(-c2cc(CO)nc(-c3nnc(Nc4ccc5[nH]ncc5c4Cl)s3)c2)n1. The second-order valence-corrected chi connectivity index (χ2v) is 7.84. The summed E-state index contributed by atoms with van der Waals surface area (Å²) in [6.45, 7) is 1.63. The van der Waals surface area contributed by atoms with E-state index in [1.807, 2.05) is 19.1 Å². The number of rotatable bonds is 5. The zero-order chi connectivity index (χ0) is 20.7. The molecule has 0 saturated heterocycles. The van der Waals surface area contributed by atoms with Gasteiger partial charge in [0.1, 0.15) is 12.0 Å². The van der Waals surface area contributed by atoms with Crippen LogP contribution in [0.3, 0.4) is 0 Å². The Bertz CT molecular complexity index is 1360. The number of H-pyrrole nitrogens is 1. The maximum absolute atomic E-state index is 9.60. The van der Waals surface area contributed by atoms with Crippen molar-refractivity contribution in [2.45, 2.75) is 13.5 Å². The van der Waals surface area contributed by atoms with E-state index >= 15 is 0 Å². The summed E-state index contributed by atoms with van der Waals surface area (Å²) in [6, 6.07) is 7.26. The van der Waals surface area contributed by atoms with E-state index < -0.39 is 0 Å². The van der Waals surface area contributed by atoms with E-state index in [-0.39, 0.29) is 6.61 Å². The van der Waals surface area contributed by atoms with Crippen molar-refractivity contribution in [3.8, 4) is 22.2 Å². The maximum atomic E-state index is 9.60. The molecule has 9 nitrogen and oxygen atoms in total. The molecule has 5 rings (SSSR count). The fraction of sp³-hybridized carbons (Fsp3) is 0.105. The van der Waals surface area contributed by atoms with E-state index in [0.29, 0.717) is 43.7 Å². The number of hydrogen-bond donors (Lipinski definition) is 3. The number of fused-ring (bicyclic) bond motifs is 1. The van der Waals surface area contributed by atoms with Crippen LogP contribution in [0.25, 0.3) is 33.1 Å². The molecule has 0 amide bonds. The lowest BCUT2D eigenvalue weighted by Gasteiger charge is -2.05. The van der Waals surface area contributed by atoms with E-state index in [4.69, 9.17) is 16.0 Å². The minimum atomic E-state index is -0.217. The first-order chi connectivity index (χ1) is 14.6. The summed E-state index contributed by atoms with van der Waals surface area (Å²) in [6.07, 6.45) is 3.24. The highest BCUT2D eigenvalue weighted by Gasteiger charge is 2.15. The molecule has 4 heterocycles. The Kier molecular flexibility index (Phi) is 4.66. The van der Waals surface area contributed by atoms with Gasteiger partial charge in [-0.2, -0.15) is 5.10 Å². The van der Waals surface area contributed by atoms with Crippen molar-refractivity contribution in [2.24, 2.45) is 0 Å². The second-order valence-electron chi connectivity index (χ2n) is 6.48. The number of aryl methyl sites for hydroxylation is 1. The molecule has 3 N–H and O–H groups in total. The first-order valence-electron chi connectivity index (χ1n) is 8.87. The predicted molar refractivity (Wildman–Crippen MR) is 114 cm³/mol. The van der Waals surface area contributed by atoms with Gasteiger partial charge in [0.05, 0.1) is 40.4 Å².